The van der Waals surface area contributed by atoms with E-state index in [-0.39, 0.29) is 11.8 Å². The summed E-state index contributed by atoms with van der Waals surface area (Å²) in [5.74, 6) is 0.285. The standard InChI is InChI=1S/C19H28N4O2/c1-15-11-20-8-10-22(15)14-18(24)21-12-16-5-2-3-6-17(16)13-23-9-4-7-19(23)25/h2-3,5-6,15,20H,4,7-14H2,1H3,(H,21,24)/t15-/m0/s1. The Morgan fingerprint density at radius 3 is 2.80 bits per heavy atom. The van der Waals surface area contributed by atoms with E-state index < -0.39 is 0 Å². The number of likely N-dealkylation sites (tertiary alicyclic amines) is 1. The molecule has 0 bridgehead atoms. The first-order valence-electron chi connectivity index (χ1n) is 9.19. The second-order valence-electron chi connectivity index (χ2n) is 6.99. The Morgan fingerprint density at radius 1 is 1.28 bits per heavy atom. The van der Waals surface area contributed by atoms with E-state index in [2.05, 4.69) is 22.5 Å². The number of nitrogens with zero attached hydrogens (tertiary/aromatic N) is 2. The smallest absolute Gasteiger partial charge is 0.234 e. The molecule has 2 amide bonds. The normalized spacial score (nSPS) is 21.6. The van der Waals surface area contributed by atoms with Gasteiger partial charge in [-0.2, -0.15) is 0 Å². The second kappa shape index (κ2) is 8.45. The summed E-state index contributed by atoms with van der Waals surface area (Å²) in [5, 5.41) is 6.37. The monoisotopic (exact) mass is 344 g/mol. The average Bonchev–Trinajstić information content (AvgIpc) is 3.01. The maximum absolute atomic E-state index is 12.3. The molecular weight excluding hydrogens is 316 g/mol. The van der Waals surface area contributed by atoms with Crippen LogP contribution in [0.1, 0.15) is 30.9 Å². The van der Waals surface area contributed by atoms with Crippen LogP contribution in [0.4, 0.5) is 0 Å². The SMILES string of the molecule is C[C@H]1CNCCN1CC(=O)NCc1ccccc1CN1CCCC1=O. The molecule has 2 fully saturated rings. The van der Waals surface area contributed by atoms with Crippen LogP contribution >= 0.6 is 0 Å². The molecular formula is C19H28N4O2. The lowest BCUT2D eigenvalue weighted by Gasteiger charge is -2.33. The van der Waals surface area contributed by atoms with Crippen molar-refractivity contribution in [1.82, 2.24) is 20.4 Å². The zero-order valence-corrected chi connectivity index (χ0v) is 15.0. The molecule has 1 atom stereocenters. The van der Waals surface area contributed by atoms with E-state index in [4.69, 9.17) is 0 Å². The molecule has 0 aromatic heterocycles. The molecule has 6 nitrogen and oxygen atoms in total. The summed E-state index contributed by atoms with van der Waals surface area (Å²) in [6.07, 6.45) is 1.60. The third-order valence-corrected chi connectivity index (χ3v) is 5.11. The van der Waals surface area contributed by atoms with Crippen LogP contribution in [0, 0.1) is 0 Å². The Bertz CT molecular complexity index is 619. The highest BCUT2D eigenvalue weighted by Gasteiger charge is 2.22. The summed E-state index contributed by atoms with van der Waals surface area (Å²) in [6, 6.07) is 8.43. The molecule has 0 spiro atoms. The maximum Gasteiger partial charge on any atom is 0.234 e. The highest BCUT2D eigenvalue weighted by Crippen LogP contribution is 2.17. The Balaban J connectivity index is 1.54. The van der Waals surface area contributed by atoms with Crippen molar-refractivity contribution < 1.29 is 9.59 Å². The van der Waals surface area contributed by atoms with Gasteiger partial charge >= 0.3 is 0 Å². The number of benzene rings is 1. The Labute approximate surface area is 149 Å². The molecule has 25 heavy (non-hydrogen) atoms. The minimum Gasteiger partial charge on any atom is -0.351 e. The molecule has 2 heterocycles. The molecule has 2 N–H and O–H groups in total. The third kappa shape index (κ3) is 4.80. The van der Waals surface area contributed by atoms with Crippen molar-refractivity contribution in [3.63, 3.8) is 0 Å². The van der Waals surface area contributed by atoms with Crippen LogP contribution in [0.2, 0.25) is 0 Å². The maximum atomic E-state index is 12.3. The summed E-state index contributed by atoms with van der Waals surface area (Å²) in [7, 11) is 0. The average molecular weight is 344 g/mol. The zero-order chi connectivity index (χ0) is 17.6. The van der Waals surface area contributed by atoms with Crippen LogP contribution in [0.5, 0.6) is 0 Å². The molecule has 2 aliphatic rings. The van der Waals surface area contributed by atoms with E-state index >= 15 is 0 Å². The van der Waals surface area contributed by atoms with E-state index in [0.29, 0.717) is 32.1 Å². The number of amides is 2. The molecule has 1 aromatic rings. The van der Waals surface area contributed by atoms with Gasteiger partial charge in [0.05, 0.1) is 6.54 Å². The Kier molecular flexibility index (Phi) is 6.04. The fourth-order valence-corrected chi connectivity index (χ4v) is 3.51. The van der Waals surface area contributed by atoms with Crippen molar-refractivity contribution in [2.75, 3.05) is 32.7 Å². The van der Waals surface area contributed by atoms with Crippen molar-refractivity contribution in [1.29, 1.82) is 0 Å². The first-order valence-corrected chi connectivity index (χ1v) is 9.19. The first-order chi connectivity index (χ1) is 12.1. The van der Waals surface area contributed by atoms with E-state index in [0.717, 1.165) is 43.7 Å². The van der Waals surface area contributed by atoms with Gasteiger partial charge in [0.2, 0.25) is 11.8 Å². The molecule has 6 heteroatoms. The van der Waals surface area contributed by atoms with Crippen molar-refractivity contribution in [3.8, 4) is 0 Å². The van der Waals surface area contributed by atoms with E-state index in [1.54, 1.807) is 0 Å². The predicted octanol–water partition coefficient (Wildman–Crippen LogP) is 0.719. The Hall–Kier alpha value is -1.92. The quantitative estimate of drug-likeness (QED) is 0.798. The highest BCUT2D eigenvalue weighted by molar-refractivity contribution is 5.78. The molecule has 0 saturated carbocycles. The van der Waals surface area contributed by atoms with Crippen LogP contribution in [-0.2, 0) is 22.7 Å². The minimum atomic E-state index is 0.0563. The molecule has 0 radical (unpaired) electrons. The number of carbonyl (C=O) groups is 2. The van der Waals surface area contributed by atoms with Gasteiger partial charge in [0.25, 0.3) is 0 Å². The van der Waals surface area contributed by atoms with Crippen molar-refractivity contribution in [2.45, 2.75) is 38.9 Å². The van der Waals surface area contributed by atoms with Gasteiger partial charge in [0.1, 0.15) is 0 Å². The van der Waals surface area contributed by atoms with Crippen LogP contribution < -0.4 is 10.6 Å². The lowest BCUT2D eigenvalue weighted by Crippen LogP contribution is -2.52. The van der Waals surface area contributed by atoms with Gasteiger partial charge < -0.3 is 15.5 Å². The molecule has 0 unspecified atom stereocenters. The van der Waals surface area contributed by atoms with Crippen LogP contribution in [0.15, 0.2) is 24.3 Å². The van der Waals surface area contributed by atoms with Gasteiger partial charge in [0.15, 0.2) is 0 Å². The molecule has 2 aliphatic heterocycles. The van der Waals surface area contributed by atoms with Gasteiger partial charge in [-0.15, -0.1) is 0 Å². The summed E-state index contributed by atoms with van der Waals surface area (Å²) in [5.41, 5.74) is 2.21. The number of hydrogen-bond donors (Lipinski definition) is 2. The molecule has 136 valence electrons. The van der Waals surface area contributed by atoms with Gasteiger partial charge in [-0.05, 0) is 24.5 Å². The number of hydrogen-bond acceptors (Lipinski definition) is 4. The van der Waals surface area contributed by atoms with Crippen LogP contribution in [-0.4, -0.2) is 60.4 Å². The largest absolute Gasteiger partial charge is 0.351 e. The third-order valence-electron chi connectivity index (χ3n) is 5.11. The predicted molar refractivity (Wildman–Crippen MR) is 96.8 cm³/mol. The number of carbonyl (C=O) groups excluding carboxylic acids is 2. The second-order valence-corrected chi connectivity index (χ2v) is 6.99. The fourth-order valence-electron chi connectivity index (χ4n) is 3.51. The van der Waals surface area contributed by atoms with Crippen molar-refractivity contribution in [2.24, 2.45) is 0 Å². The lowest BCUT2D eigenvalue weighted by atomic mass is 10.1. The molecule has 3 rings (SSSR count). The zero-order valence-electron chi connectivity index (χ0n) is 15.0. The van der Waals surface area contributed by atoms with Gasteiger partial charge in [-0.3, -0.25) is 14.5 Å². The van der Waals surface area contributed by atoms with Gasteiger partial charge in [0, 0.05) is 51.7 Å². The van der Waals surface area contributed by atoms with E-state index in [1.165, 1.54) is 0 Å². The number of rotatable bonds is 6. The van der Waals surface area contributed by atoms with Gasteiger partial charge in [-0.1, -0.05) is 24.3 Å². The lowest BCUT2D eigenvalue weighted by molar-refractivity contribution is -0.128. The number of nitrogens with one attached hydrogen (secondary N) is 2. The van der Waals surface area contributed by atoms with Crippen molar-refractivity contribution in [3.05, 3.63) is 35.4 Å². The summed E-state index contributed by atoms with van der Waals surface area (Å²) in [6.45, 7) is 7.33. The summed E-state index contributed by atoms with van der Waals surface area (Å²) < 4.78 is 0. The fraction of sp³-hybridized carbons (Fsp3) is 0.579. The minimum absolute atomic E-state index is 0.0563. The van der Waals surface area contributed by atoms with E-state index in [1.807, 2.05) is 29.2 Å². The van der Waals surface area contributed by atoms with Crippen LogP contribution in [0.3, 0.4) is 0 Å². The molecule has 0 aliphatic carbocycles. The topological polar surface area (TPSA) is 64.7 Å². The van der Waals surface area contributed by atoms with Crippen molar-refractivity contribution >= 4 is 11.8 Å². The molecule has 2 saturated heterocycles. The molecule has 1 aromatic carbocycles. The van der Waals surface area contributed by atoms with Crippen LogP contribution in [0.25, 0.3) is 0 Å². The summed E-state index contributed by atoms with van der Waals surface area (Å²) >= 11 is 0. The Morgan fingerprint density at radius 2 is 2.08 bits per heavy atom. The first kappa shape index (κ1) is 17.9. The highest BCUT2D eigenvalue weighted by atomic mass is 16.2. The summed E-state index contributed by atoms with van der Waals surface area (Å²) in [4.78, 5) is 28.3. The van der Waals surface area contributed by atoms with E-state index in [9.17, 15) is 9.59 Å². The van der Waals surface area contributed by atoms with Gasteiger partial charge in [-0.25, -0.2) is 0 Å². The number of piperazine rings is 1.